The molecule has 2 heterocycles. The average Bonchev–Trinajstić information content (AvgIpc) is 2.68. The Labute approximate surface area is 175 Å². The van der Waals surface area contributed by atoms with Crippen molar-refractivity contribution in [2.24, 2.45) is 4.99 Å². The fourth-order valence-electron chi connectivity index (χ4n) is 2.31. The van der Waals surface area contributed by atoms with Crippen LogP contribution < -0.4 is 5.32 Å². The summed E-state index contributed by atoms with van der Waals surface area (Å²) in [6.07, 6.45) is 5.80. The molecule has 0 radical (unpaired) electrons. The van der Waals surface area contributed by atoms with Gasteiger partial charge >= 0.3 is 0 Å². The van der Waals surface area contributed by atoms with Crippen molar-refractivity contribution >= 4 is 40.5 Å². The molecule has 0 saturated heterocycles. The number of aryl methyl sites for hydroxylation is 2. The molecular weight excluding hydrogens is 392 g/mol. The number of rotatable bonds is 10. The summed E-state index contributed by atoms with van der Waals surface area (Å²) in [5, 5.41) is 4.47. The number of amidine groups is 1. The molecule has 1 N–H and O–H groups in total. The van der Waals surface area contributed by atoms with Crippen LogP contribution in [0.5, 0.6) is 0 Å². The smallest absolute Gasteiger partial charge is 0.156 e. The van der Waals surface area contributed by atoms with Gasteiger partial charge in [0.15, 0.2) is 5.17 Å². The van der Waals surface area contributed by atoms with E-state index in [1.807, 2.05) is 48.1 Å². The van der Waals surface area contributed by atoms with E-state index in [0.29, 0.717) is 0 Å². The maximum Gasteiger partial charge on any atom is 0.156 e. The van der Waals surface area contributed by atoms with Crippen molar-refractivity contribution in [2.45, 2.75) is 25.4 Å². The van der Waals surface area contributed by atoms with Crippen molar-refractivity contribution in [3.05, 3.63) is 59.2 Å². The summed E-state index contributed by atoms with van der Waals surface area (Å²) >= 11 is 5.47. The molecule has 2 aromatic heterocycles. The van der Waals surface area contributed by atoms with E-state index in [9.17, 15) is 0 Å². The summed E-state index contributed by atoms with van der Waals surface area (Å²) in [4.78, 5) is 13.5. The molecule has 0 bridgehead atoms. The topological polar surface area (TPSA) is 50.2 Å². The molecule has 0 amide bonds. The van der Waals surface area contributed by atoms with Crippen molar-refractivity contribution in [3.8, 4) is 0 Å². The molecule has 4 nitrogen and oxygen atoms in total. The van der Waals surface area contributed by atoms with Gasteiger partial charge in [0.1, 0.15) is 0 Å². The number of thioether (sulfide) groups is 3. The summed E-state index contributed by atoms with van der Waals surface area (Å²) < 4.78 is 0. The third-order valence-electron chi connectivity index (χ3n) is 3.92. The number of hydrogen-bond donors (Lipinski definition) is 1. The van der Waals surface area contributed by atoms with Crippen LogP contribution >= 0.6 is 35.3 Å². The van der Waals surface area contributed by atoms with Crippen LogP contribution in [0.25, 0.3) is 0 Å². The number of nitrogens with one attached hydrogen (secondary N) is 1. The fraction of sp³-hybridized carbons (Fsp3) is 0.450. The van der Waals surface area contributed by atoms with Crippen molar-refractivity contribution < 1.29 is 0 Å². The van der Waals surface area contributed by atoms with E-state index in [1.54, 1.807) is 11.8 Å². The monoisotopic (exact) mass is 420 g/mol. The Morgan fingerprint density at radius 2 is 1.56 bits per heavy atom. The van der Waals surface area contributed by atoms with E-state index in [-0.39, 0.29) is 0 Å². The molecular formula is C20H28N4S3. The van der Waals surface area contributed by atoms with Gasteiger partial charge in [-0.3, -0.25) is 15.0 Å². The second-order valence-electron chi connectivity index (χ2n) is 5.96. The van der Waals surface area contributed by atoms with Crippen LogP contribution in [0.4, 0.5) is 0 Å². The quantitative estimate of drug-likeness (QED) is 0.345. The standard InChI is InChI=1S/C20H28N4S3/c1-16-6-4-8-21-18(16)14-26-12-10-23-20(25-3)24-11-13-27-15-19-17(2)7-5-9-22-19/h4-9H,10-15H2,1-3H3,(H,23,24). The molecule has 0 aromatic carbocycles. The van der Waals surface area contributed by atoms with Gasteiger partial charge in [0.2, 0.25) is 0 Å². The number of aliphatic imine (C=N–C) groups is 1. The zero-order valence-electron chi connectivity index (χ0n) is 16.3. The Hall–Kier alpha value is -1.18. The molecule has 7 heteroatoms. The van der Waals surface area contributed by atoms with Crippen LogP contribution in [0, 0.1) is 13.8 Å². The highest BCUT2D eigenvalue weighted by Crippen LogP contribution is 2.14. The molecule has 0 aliphatic heterocycles. The molecule has 0 saturated carbocycles. The summed E-state index contributed by atoms with van der Waals surface area (Å²) in [5.41, 5.74) is 4.89. The summed E-state index contributed by atoms with van der Waals surface area (Å²) in [7, 11) is 0. The van der Waals surface area contributed by atoms with E-state index in [1.165, 1.54) is 22.5 Å². The average molecular weight is 421 g/mol. The van der Waals surface area contributed by atoms with Gasteiger partial charge in [0.05, 0.1) is 17.9 Å². The lowest BCUT2D eigenvalue weighted by atomic mass is 10.2. The van der Waals surface area contributed by atoms with Crippen molar-refractivity contribution in [3.63, 3.8) is 0 Å². The predicted octanol–water partition coefficient (Wildman–Crippen LogP) is 4.57. The highest BCUT2D eigenvalue weighted by molar-refractivity contribution is 8.13. The third kappa shape index (κ3) is 8.58. The van der Waals surface area contributed by atoms with Crippen molar-refractivity contribution in [1.29, 1.82) is 0 Å². The lowest BCUT2D eigenvalue weighted by Gasteiger charge is -2.08. The second kappa shape index (κ2) is 13.1. The van der Waals surface area contributed by atoms with Crippen LogP contribution in [0.1, 0.15) is 22.5 Å². The molecule has 0 atom stereocenters. The van der Waals surface area contributed by atoms with Gasteiger partial charge in [-0.15, -0.1) is 0 Å². The Morgan fingerprint density at radius 1 is 0.963 bits per heavy atom. The summed E-state index contributed by atoms with van der Waals surface area (Å²) in [5.74, 6) is 3.97. The molecule has 0 aliphatic rings. The first-order chi connectivity index (χ1) is 13.2. The SMILES string of the molecule is CSC(=NCCSCc1ncccc1C)NCCSCc1ncccc1C. The van der Waals surface area contributed by atoms with Crippen LogP contribution in [-0.2, 0) is 11.5 Å². The highest BCUT2D eigenvalue weighted by Gasteiger charge is 2.01. The van der Waals surface area contributed by atoms with Gasteiger partial charge in [0.25, 0.3) is 0 Å². The van der Waals surface area contributed by atoms with Crippen LogP contribution in [0.15, 0.2) is 41.7 Å². The Bertz CT molecular complexity index is 722. The molecule has 0 spiro atoms. The van der Waals surface area contributed by atoms with Crippen LogP contribution in [0.3, 0.4) is 0 Å². The molecule has 27 heavy (non-hydrogen) atoms. The van der Waals surface area contributed by atoms with Gasteiger partial charge in [-0.1, -0.05) is 23.9 Å². The van der Waals surface area contributed by atoms with E-state index < -0.39 is 0 Å². The first-order valence-corrected chi connectivity index (χ1v) is 12.5. The van der Waals surface area contributed by atoms with Gasteiger partial charge in [0, 0.05) is 41.9 Å². The number of nitrogens with zero attached hydrogens (tertiary/aromatic N) is 3. The number of aromatic nitrogens is 2. The lowest BCUT2D eigenvalue weighted by Crippen LogP contribution is -2.23. The van der Waals surface area contributed by atoms with Gasteiger partial charge in [-0.05, 0) is 43.4 Å². The summed E-state index contributed by atoms with van der Waals surface area (Å²) in [6.45, 7) is 5.99. The lowest BCUT2D eigenvalue weighted by molar-refractivity contribution is 0.974. The molecule has 146 valence electrons. The zero-order chi connectivity index (χ0) is 19.3. The van der Waals surface area contributed by atoms with Crippen LogP contribution in [0.2, 0.25) is 0 Å². The maximum atomic E-state index is 4.67. The minimum atomic E-state index is 0.833. The van der Waals surface area contributed by atoms with E-state index in [4.69, 9.17) is 0 Å². The Balaban J connectivity index is 1.59. The number of hydrogen-bond acceptors (Lipinski definition) is 6. The normalized spacial score (nSPS) is 11.6. The van der Waals surface area contributed by atoms with Gasteiger partial charge < -0.3 is 5.32 Å². The molecule has 2 rings (SSSR count). The largest absolute Gasteiger partial charge is 0.364 e. The Morgan fingerprint density at radius 3 is 2.11 bits per heavy atom. The molecule has 0 unspecified atom stereocenters. The highest BCUT2D eigenvalue weighted by atomic mass is 32.2. The Kier molecular flexibility index (Phi) is 10.7. The minimum absolute atomic E-state index is 0.833. The first kappa shape index (κ1) is 22.1. The zero-order valence-corrected chi connectivity index (χ0v) is 18.7. The van der Waals surface area contributed by atoms with Crippen LogP contribution in [-0.4, -0.2) is 46.0 Å². The summed E-state index contributed by atoms with van der Waals surface area (Å²) in [6, 6.07) is 8.21. The van der Waals surface area contributed by atoms with Gasteiger partial charge in [-0.25, -0.2) is 0 Å². The molecule has 0 aliphatic carbocycles. The minimum Gasteiger partial charge on any atom is -0.364 e. The first-order valence-electron chi connectivity index (χ1n) is 8.99. The number of pyridine rings is 2. The van der Waals surface area contributed by atoms with Crippen molar-refractivity contribution in [2.75, 3.05) is 30.9 Å². The second-order valence-corrected chi connectivity index (χ2v) is 8.96. The van der Waals surface area contributed by atoms with E-state index in [0.717, 1.165) is 41.3 Å². The van der Waals surface area contributed by atoms with Gasteiger partial charge in [-0.2, -0.15) is 23.5 Å². The molecule has 2 aromatic rings. The maximum absolute atomic E-state index is 4.67. The van der Waals surface area contributed by atoms with Crippen molar-refractivity contribution in [1.82, 2.24) is 15.3 Å². The predicted molar refractivity (Wildman–Crippen MR) is 124 cm³/mol. The third-order valence-corrected chi connectivity index (χ3v) is 6.50. The van der Waals surface area contributed by atoms with E-state index in [2.05, 4.69) is 52.5 Å². The van der Waals surface area contributed by atoms with E-state index >= 15 is 0 Å². The molecule has 0 fully saturated rings. The fourth-order valence-corrected chi connectivity index (χ4v) is 4.52.